The summed E-state index contributed by atoms with van der Waals surface area (Å²) in [5, 5.41) is 0. The van der Waals surface area contributed by atoms with E-state index >= 15 is 0 Å². The number of benzene rings is 3. The number of aromatic nitrogens is 3. The summed E-state index contributed by atoms with van der Waals surface area (Å²) in [6, 6.07) is 27.0. The van der Waals surface area contributed by atoms with Crippen molar-refractivity contribution in [3.63, 3.8) is 0 Å². The first-order valence-corrected chi connectivity index (χ1v) is 14.7. The van der Waals surface area contributed by atoms with E-state index in [2.05, 4.69) is 87.3 Å². The molecule has 3 heterocycles. The Labute approximate surface area is 250 Å². The standard InChI is InChI=1S/C34H32N4O.Pt/c1-22-12-13-35-33(14-22)37-20-23-15-29(23)28-11-10-26(19-32(28)37)39-27-17-24(34(2,3)4)16-25(18-27)38-21-36(5)30-8-6-7-9-31(30)38;/h6-14,16-17,23,29H,15,20H2,1-5H3;/q-2;/i5D3;. The first kappa shape index (κ1) is 22.3. The maximum absolute atomic E-state index is 8.22. The Bertz CT molecular complexity index is 1950. The summed E-state index contributed by atoms with van der Waals surface area (Å²) in [7, 11) is 0. The van der Waals surface area contributed by atoms with Gasteiger partial charge in [0.1, 0.15) is 0 Å². The molecule has 0 saturated heterocycles. The van der Waals surface area contributed by atoms with E-state index in [9.17, 15) is 0 Å². The molecule has 0 bridgehead atoms. The second-order valence-electron chi connectivity index (χ2n) is 11.9. The van der Waals surface area contributed by atoms with Gasteiger partial charge in [0.2, 0.25) is 0 Å². The van der Waals surface area contributed by atoms with Gasteiger partial charge in [-0.25, -0.2) is 0 Å². The summed E-state index contributed by atoms with van der Waals surface area (Å²) in [6.07, 6.45) is 3.05. The van der Waals surface area contributed by atoms with Gasteiger partial charge in [0.25, 0.3) is 0 Å². The molecule has 1 fully saturated rings. The third-order valence-electron chi connectivity index (χ3n) is 7.98. The zero-order valence-electron chi connectivity index (χ0n) is 25.9. The number of imidazole rings is 1. The van der Waals surface area contributed by atoms with Crippen LogP contribution in [0.3, 0.4) is 0 Å². The SMILES string of the molecule is [2H]C([2H])([2H])n1[c](=[Pt])n(-c2[c-]c(Oc3[c-]c4c(cc3)C3CC3CN4c3cc(C)ccn3)cc(C(C)(C)C)c2)c2ccccc21. The van der Waals surface area contributed by atoms with Crippen molar-refractivity contribution >= 4 is 22.5 Å². The van der Waals surface area contributed by atoms with Crippen molar-refractivity contribution < 1.29 is 28.2 Å². The van der Waals surface area contributed by atoms with Crippen LogP contribution in [-0.2, 0) is 31.7 Å². The minimum atomic E-state index is -2.33. The van der Waals surface area contributed by atoms with Crippen LogP contribution >= 0.6 is 0 Å². The number of pyridine rings is 1. The van der Waals surface area contributed by atoms with Crippen LogP contribution in [0.1, 0.15) is 53.9 Å². The monoisotopic (exact) mass is 710 g/mol. The van der Waals surface area contributed by atoms with Crippen LogP contribution in [0.15, 0.2) is 66.9 Å². The summed E-state index contributed by atoms with van der Waals surface area (Å²) in [4.78, 5) is 6.95. The Morgan fingerprint density at radius 2 is 1.85 bits per heavy atom. The Hall–Kier alpha value is -3.43. The molecule has 206 valence electrons. The number of hydrogen-bond acceptors (Lipinski definition) is 3. The van der Waals surface area contributed by atoms with Crippen LogP contribution in [0.2, 0.25) is 0 Å². The van der Waals surface area contributed by atoms with Crippen LogP contribution in [-0.4, -0.2) is 20.7 Å². The number of para-hydroxylation sites is 2. The van der Waals surface area contributed by atoms with Gasteiger partial charge < -0.3 is 0 Å². The van der Waals surface area contributed by atoms with Gasteiger partial charge >= 0.3 is 227 Å². The van der Waals surface area contributed by atoms with E-state index in [0.29, 0.717) is 32.7 Å². The van der Waals surface area contributed by atoms with Crippen molar-refractivity contribution in [3.05, 3.63) is 99.5 Å². The molecule has 0 amide bonds. The molecule has 0 radical (unpaired) electrons. The van der Waals surface area contributed by atoms with E-state index in [1.54, 1.807) is 0 Å². The third kappa shape index (κ3) is 4.36. The van der Waals surface area contributed by atoms with E-state index < -0.39 is 6.98 Å². The second kappa shape index (κ2) is 9.31. The Morgan fingerprint density at radius 3 is 2.62 bits per heavy atom. The second-order valence-corrected chi connectivity index (χ2v) is 12.9. The zero-order chi connectivity index (χ0) is 30.3. The van der Waals surface area contributed by atoms with E-state index in [1.165, 1.54) is 22.1 Å². The first-order chi connectivity index (χ1) is 20.4. The van der Waals surface area contributed by atoms with E-state index in [-0.39, 0.29) is 5.41 Å². The molecule has 3 aromatic carbocycles. The molecule has 2 aliphatic rings. The third-order valence-corrected chi connectivity index (χ3v) is 8.99. The topological polar surface area (TPSA) is 35.2 Å². The number of rotatable bonds is 4. The Balaban J connectivity index is 1.34. The molecule has 2 unspecified atom stereocenters. The normalized spacial score (nSPS) is 19.4. The number of anilines is 2. The molecule has 0 N–H and O–H groups in total. The molecule has 0 spiro atoms. The fourth-order valence-corrected chi connectivity index (χ4v) is 6.51. The molecule has 1 aliphatic heterocycles. The van der Waals surface area contributed by atoms with Crippen LogP contribution < -0.4 is 9.64 Å². The molecule has 5 aromatic rings. The molecule has 5 nitrogen and oxygen atoms in total. The summed E-state index contributed by atoms with van der Waals surface area (Å²) in [5.41, 5.74) is 6.49. The summed E-state index contributed by atoms with van der Waals surface area (Å²) >= 11 is 2.10. The van der Waals surface area contributed by atoms with Crippen molar-refractivity contribution in [1.29, 1.82) is 0 Å². The molecule has 1 aliphatic carbocycles. The fraction of sp³-hybridized carbons (Fsp3) is 0.294. The van der Waals surface area contributed by atoms with E-state index in [0.717, 1.165) is 34.8 Å². The Morgan fingerprint density at radius 1 is 1.02 bits per heavy atom. The van der Waals surface area contributed by atoms with Crippen LogP contribution in [0.5, 0.6) is 11.5 Å². The van der Waals surface area contributed by atoms with Crippen LogP contribution in [0, 0.1) is 28.8 Å². The average Bonchev–Trinajstić information content (AvgIpc) is 3.66. The molecular formula is C34H32N4OPt-2. The number of nitrogens with zero attached hydrogens (tertiary/aromatic N) is 4. The van der Waals surface area contributed by atoms with Crippen molar-refractivity contribution in [2.45, 2.75) is 45.4 Å². The predicted octanol–water partition coefficient (Wildman–Crippen LogP) is 7.70. The van der Waals surface area contributed by atoms with Gasteiger partial charge in [0, 0.05) is 6.20 Å². The quantitative estimate of drug-likeness (QED) is 0.180. The van der Waals surface area contributed by atoms with Gasteiger partial charge in [0.05, 0.1) is 0 Å². The van der Waals surface area contributed by atoms with Crippen LogP contribution in [0.4, 0.5) is 11.5 Å². The Kier molecular flexibility index (Phi) is 5.19. The van der Waals surface area contributed by atoms with Crippen molar-refractivity contribution in [2.24, 2.45) is 12.9 Å². The molecule has 2 atom stereocenters. The van der Waals surface area contributed by atoms with Crippen molar-refractivity contribution in [3.8, 4) is 17.2 Å². The molecule has 1 saturated carbocycles. The summed E-state index contributed by atoms with van der Waals surface area (Å²) < 4.78 is 35.1. The molecule has 7 rings (SSSR count). The van der Waals surface area contributed by atoms with Crippen molar-refractivity contribution in [1.82, 2.24) is 14.1 Å². The maximum atomic E-state index is 8.22. The molecular weight excluding hydrogens is 675 g/mol. The minimum absolute atomic E-state index is 0.190. The fourth-order valence-electron chi connectivity index (χ4n) is 5.69. The number of hydrogen-bond donors (Lipinski definition) is 0. The van der Waals surface area contributed by atoms with Gasteiger partial charge in [-0.05, 0) is 18.6 Å². The van der Waals surface area contributed by atoms with Gasteiger partial charge in [-0.15, -0.1) is 0 Å². The number of aryl methyl sites for hydroxylation is 2. The van der Waals surface area contributed by atoms with Gasteiger partial charge in [-0.3, -0.25) is 0 Å². The summed E-state index contributed by atoms with van der Waals surface area (Å²) in [5.74, 6) is 3.30. The van der Waals surface area contributed by atoms with Crippen molar-refractivity contribution in [2.75, 3.05) is 11.4 Å². The van der Waals surface area contributed by atoms with Gasteiger partial charge in [0.15, 0.2) is 0 Å². The molecule has 6 heteroatoms. The number of ether oxygens (including phenoxy) is 1. The average molecular weight is 711 g/mol. The number of fused-ring (bicyclic) bond motifs is 4. The first-order valence-electron chi connectivity index (χ1n) is 15.1. The van der Waals surface area contributed by atoms with Gasteiger partial charge in [-0.2, -0.15) is 0 Å². The van der Waals surface area contributed by atoms with E-state index in [4.69, 9.17) is 8.85 Å². The zero-order valence-corrected chi connectivity index (χ0v) is 25.2. The molecule has 2 aromatic heterocycles. The van der Waals surface area contributed by atoms with Crippen LogP contribution in [0.25, 0.3) is 16.7 Å². The van der Waals surface area contributed by atoms with E-state index in [1.807, 2.05) is 53.2 Å². The predicted molar refractivity (Wildman–Crippen MR) is 155 cm³/mol. The van der Waals surface area contributed by atoms with Gasteiger partial charge in [-0.1, -0.05) is 0 Å². The summed E-state index contributed by atoms with van der Waals surface area (Å²) in [6.45, 7) is 7.14. The molecule has 40 heavy (non-hydrogen) atoms.